The SMILES string of the molecule is CC(OC(=O)/C=C/c1ccc2ccccc2n1)C(=O)N(C)c1ccccc1. The number of nitrogens with zero attached hydrogens (tertiary/aromatic N) is 2. The van der Waals surface area contributed by atoms with Crippen LogP contribution in [0.2, 0.25) is 0 Å². The molecule has 0 aliphatic rings. The van der Waals surface area contributed by atoms with Crippen molar-refractivity contribution in [1.29, 1.82) is 0 Å². The lowest BCUT2D eigenvalue weighted by Crippen LogP contribution is -2.37. The Labute approximate surface area is 157 Å². The number of amides is 1. The Bertz CT molecular complexity index is 983. The summed E-state index contributed by atoms with van der Waals surface area (Å²) in [5, 5.41) is 1.03. The van der Waals surface area contributed by atoms with Gasteiger partial charge >= 0.3 is 5.97 Å². The molecule has 1 atom stereocenters. The zero-order chi connectivity index (χ0) is 19.2. The maximum atomic E-state index is 12.4. The average molecular weight is 360 g/mol. The van der Waals surface area contributed by atoms with Crippen LogP contribution < -0.4 is 4.90 Å². The molecule has 5 heteroatoms. The highest BCUT2D eigenvalue weighted by Gasteiger charge is 2.21. The van der Waals surface area contributed by atoms with E-state index in [1.54, 1.807) is 20.0 Å². The summed E-state index contributed by atoms with van der Waals surface area (Å²) in [5.74, 6) is -0.890. The highest BCUT2D eigenvalue weighted by Crippen LogP contribution is 2.14. The van der Waals surface area contributed by atoms with Gasteiger partial charge in [-0.3, -0.25) is 4.79 Å². The maximum absolute atomic E-state index is 12.4. The Morgan fingerprint density at radius 3 is 2.48 bits per heavy atom. The van der Waals surface area contributed by atoms with E-state index in [1.165, 1.54) is 11.0 Å². The van der Waals surface area contributed by atoms with Crippen LogP contribution in [0.1, 0.15) is 12.6 Å². The first kappa shape index (κ1) is 18.3. The van der Waals surface area contributed by atoms with E-state index in [0.29, 0.717) is 5.69 Å². The highest BCUT2D eigenvalue weighted by molar-refractivity contribution is 5.98. The summed E-state index contributed by atoms with van der Waals surface area (Å²) in [6.45, 7) is 1.56. The number of aromatic nitrogens is 1. The molecular weight excluding hydrogens is 340 g/mol. The van der Waals surface area contributed by atoms with Crippen LogP contribution in [0.25, 0.3) is 17.0 Å². The number of rotatable bonds is 5. The van der Waals surface area contributed by atoms with E-state index in [4.69, 9.17) is 4.74 Å². The Hall–Kier alpha value is -3.47. The van der Waals surface area contributed by atoms with Gasteiger partial charge in [-0.25, -0.2) is 9.78 Å². The number of carbonyl (C=O) groups excluding carboxylic acids is 2. The van der Waals surface area contributed by atoms with Crippen LogP contribution >= 0.6 is 0 Å². The molecule has 27 heavy (non-hydrogen) atoms. The zero-order valence-electron chi connectivity index (χ0n) is 15.2. The van der Waals surface area contributed by atoms with Crippen LogP contribution in [0.4, 0.5) is 5.69 Å². The largest absolute Gasteiger partial charge is 0.449 e. The topological polar surface area (TPSA) is 59.5 Å². The van der Waals surface area contributed by atoms with E-state index < -0.39 is 12.1 Å². The van der Waals surface area contributed by atoms with E-state index in [2.05, 4.69) is 4.98 Å². The summed E-state index contributed by atoms with van der Waals surface area (Å²) >= 11 is 0. The minimum absolute atomic E-state index is 0.299. The molecule has 3 aromatic rings. The lowest BCUT2D eigenvalue weighted by atomic mass is 10.2. The number of ether oxygens (including phenoxy) is 1. The number of anilines is 1. The summed E-state index contributed by atoms with van der Waals surface area (Å²) in [6.07, 6.45) is 1.97. The second kappa shape index (κ2) is 8.27. The molecule has 0 radical (unpaired) electrons. The second-order valence-corrected chi connectivity index (χ2v) is 6.07. The van der Waals surface area contributed by atoms with Crippen LogP contribution in [0.5, 0.6) is 0 Å². The van der Waals surface area contributed by atoms with Gasteiger partial charge in [0.25, 0.3) is 5.91 Å². The minimum atomic E-state index is -0.892. The summed E-state index contributed by atoms with van der Waals surface area (Å²) in [6, 6.07) is 20.7. The van der Waals surface area contributed by atoms with Gasteiger partial charge in [-0.05, 0) is 37.3 Å². The van der Waals surface area contributed by atoms with Crippen molar-refractivity contribution in [3.63, 3.8) is 0 Å². The van der Waals surface area contributed by atoms with E-state index >= 15 is 0 Å². The smallest absolute Gasteiger partial charge is 0.331 e. The van der Waals surface area contributed by atoms with Gasteiger partial charge in [-0.15, -0.1) is 0 Å². The van der Waals surface area contributed by atoms with Crippen molar-refractivity contribution >= 4 is 34.5 Å². The number of hydrogen-bond donors (Lipinski definition) is 0. The van der Waals surface area contributed by atoms with Gasteiger partial charge in [0.05, 0.1) is 11.2 Å². The molecule has 1 unspecified atom stereocenters. The molecule has 0 saturated heterocycles. The molecule has 3 rings (SSSR count). The molecule has 2 aromatic carbocycles. The van der Waals surface area contributed by atoms with Crippen molar-refractivity contribution in [2.45, 2.75) is 13.0 Å². The van der Waals surface area contributed by atoms with Crippen LogP contribution in [-0.2, 0) is 14.3 Å². The van der Waals surface area contributed by atoms with Gasteiger partial charge in [-0.2, -0.15) is 0 Å². The summed E-state index contributed by atoms with van der Waals surface area (Å²) in [4.78, 5) is 30.4. The fraction of sp³-hybridized carbons (Fsp3) is 0.136. The number of para-hydroxylation sites is 2. The van der Waals surface area contributed by atoms with Crippen molar-refractivity contribution < 1.29 is 14.3 Å². The van der Waals surface area contributed by atoms with E-state index in [1.807, 2.05) is 66.7 Å². The molecule has 0 aliphatic carbocycles. The predicted octanol–water partition coefficient (Wildman–Crippen LogP) is 3.84. The molecule has 1 aromatic heterocycles. The van der Waals surface area contributed by atoms with Crippen molar-refractivity contribution in [2.75, 3.05) is 11.9 Å². The molecule has 136 valence electrons. The van der Waals surface area contributed by atoms with E-state index in [-0.39, 0.29) is 5.91 Å². The molecule has 0 aliphatic heterocycles. The Kier molecular flexibility index (Phi) is 5.61. The number of fused-ring (bicyclic) bond motifs is 1. The van der Waals surface area contributed by atoms with E-state index in [9.17, 15) is 9.59 Å². The third-order valence-electron chi connectivity index (χ3n) is 4.12. The van der Waals surface area contributed by atoms with Crippen LogP contribution in [0, 0.1) is 0 Å². The molecule has 0 saturated carbocycles. The van der Waals surface area contributed by atoms with Gasteiger partial charge in [-0.1, -0.05) is 42.5 Å². The maximum Gasteiger partial charge on any atom is 0.331 e. The number of esters is 1. The first-order chi connectivity index (χ1) is 13.0. The average Bonchev–Trinajstić information content (AvgIpc) is 2.71. The molecule has 5 nitrogen and oxygen atoms in total. The van der Waals surface area contributed by atoms with Crippen LogP contribution in [-0.4, -0.2) is 30.0 Å². The predicted molar refractivity (Wildman–Crippen MR) is 106 cm³/mol. The number of likely N-dealkylation sites (N-methyl/N-ethyl adjacent to an activating group) is 1. The lowest BCUT2D eigenvalue weighted by molar-refractivity contribution is -0.148. The number of pyridine rings is 1. The first-order valence-corrected chi connectivity index (χ1v) is 8.62. The summed E-state index contributed by atoms with van der Waals surface area (Å²) < 4.78 is 5.22. The van der Waals surface area contributed by atoms with Crippen molar-refractivity contribution in [3.8, 4) is 0 Å². The van der Waals surface area contributed by atoms with Crippen molar-refractivity contribution in [2.24, 2.45) is 0 Å². The summed E-state index contributed by atoms with van der Waals surface area (Å²) in [7, 11) is 1.65. The normalized spacial score (nSPS) is 12.1. The monoisotopic (exact) mass is 360 g/mol. The fourth-order valence-corrected chi connectivity index (χ4v) is 2.64. The lowest BCUT2D eigenvalue weighted by Gasteiger charge is -2.21. The third-order valence-corrected chi connectivity index (χ3v) is 4.12. The number of carbonyl (C=O) groups is 2. The minimum Gasteiger partial charge on any atom is -0.449 e. The van der Waals surface area contributed by atoms with Crippen LogP contribution in [0.15, 0.2) is 72.8 Å². The summed E-state index contributed by atoms with van der Waals surface area (Å²) in [5.41, 5.74) is 2.23. The van der Waals surface area contributed by atoms with Crippen molar-refractivity contribution in [3.05, 3.63) is 78.5 Å². The second-order valence-electron chi connectivity index (χ2n) is 6.07. The molecule has 0 fully saturated rings. The highest BCUT2D eigenvalue weighted by atomic mass is 16.5. The van der Waals surface area contributed by atoms with Crippen LogP contribution in [0.3, 0.4) is 0 Å². The van der Waals surface area contributed by atoms with Gasteiger partial charge in [0.15, 0.2) is 6.10 Å². The quantitative estimate of drug-likeness (QED) is 0.512. The van der Waals surface area contributed by atoms with Gasteiger partial charge in [0.1, 0.15) is 0 Å². The van der Waals surface area contributed by atoms with Crippen molar-refractivity contribution in [1.82, 2.24) is 4.98 Å². The molecule has 1 heterocycles. The van der Waals surface area contributed by atoms with Gasteiger partial charge in [0.2, 0.25) is 0 Å². The van der Waals surface area contributed by atoms with Gasteiger partial charge in [0, 0.05) is 24.2 Å². The molecule has 1 amide bonds. The first-order valence-electron chi connectivity index (χ1n) is 8.62. The third kappa shape index (κ3) is 4.58. The standard InChI is InChI=1S/C22H20N2O3/c1-16(22(26)24(2)19-9-4-3-5-10-19)27-21(25)15-14-18-13-12-17-8-6-7-11-20(17)23-18/h3-16H,1-2H3/b15-14+. The Balaban J connectivity index is 1.62. The number of hydrogen-bond acceptors (Lipinski definition) is 4. The fourth-order valence-electron chi connectivity index (χ4n) is 2.64. The zero-order valence-corrected chi connectivity index (χ0v) is 15.2. The number of benzene rings is 2. The molecule has 0 bridgehead atoms. The molecule has 0 N–H and O–H groups in total. The van der Waals surface area contributed by atoms with Gasteiger partial charge < -0.3 is 9.64 Å². The Morgan fingerprint density at radius 2 is 1.70 bits per heavy atom. The molecule has 0 spiro atoms. The van der Waals surface area contributed by atoms with E-state index in [0.717, 1.165) is 16.6 Å². The Morgan fingerprint density at radius 1 is 1.00 bits per heavy atom. The molecular formula is C22H20N2O3.